The molecule has 0 bridgehead atoms. The highest BCUT2D eigenvalue weighted by atomic mass is 19.1. The number of halogens is 1. The second-order valence-corrected chi connectivity index (χ2v) is 5.10. The number of fused-ring (bicyclic) bond motifs is 1. The normalized spacial score (nSPS) is 36.6. The smallest absolute Gasteiger partial charge is 0.0974 e. The van der Waals surface area contributed by atoms with Crippen molar-refractivity contribution in [3.8, 4) is 0 Å². The lowest BCUT2D eigenvalue weighted by Gasteiger charge is -2.35. The van der Waals surface area contributed by atoms with Gasteiger partial charge in [0, 0.05) is 12.1 Å². The largest absolute Gasteiger partial charge is 0.293 e. The van der Waals surface area contributed by atoms with E-state index in [0.717, 1.165) is 25.1 Å². The lowest BCUT2D eigenvalue weighted by molar-refractivity contribution is 0.136. The van der Waals surface area contributed by atoms with E-state index in [1.165, 1.54) is 12.8 Å². The Balaban J connectivity index is 2.28. The summed E-state index contributed by atoms with van der Waals surface area (Å²) in [4.78, 5) is 2.50. The molecular formula is C12H20FN. The van der Waals surface area contributed by atoms with Gasteiger partial charge in [0.1, 0.15) is 0 Å². The monoisotopic (exact) mass is 197 g/mol. The van der Waals surface area contributed by atoms with Crippen LogP contribution in [0.1, 0.15) is 40.0 Å². The van der Waals surface area contributed by atoms with E-state index in [4.69, 9.17) is 0 Å². The van der Waals surface area contributed by atoms with Crippen LogP contribution >= 0.6 is 0 Å². The number of rotatable bonds is 1. The van der Waals surface area contributed by atoms with Crippen LogP contribution in [0.4, 0.5) is 4.39 Å². The number of hydrogen-bond donors (Lipinski definition) is 0. The molecule has 1 atom stereocenters. The summed E-state index contributed by atoms with van der Waals surface area (Å²) in [5.41, 5.74) is 1.33. The first kappa shape index (κ1) is 10.2. The van der Waals surface area contributed by atoms with Gasteiger partial charge in [-0.05, 0) is 44.2 Å². The number of allylic oxidation sites excluding steroid dienone is 1. The highest BCUT2D eigenvalue weighted by Gasteiger charge is 2.48. The van der Waals surface area contributed by atoms with Crippen molar-refractivity contribution in [3.63, 3.8) is 0 Å². The molecule has 2 heteroatoms. The molecule has 0 radical (unpaired) electrons. The minimum Gasteiger partial charge on any atom is -0.293 e. The van der Waals surface area contributed by atoms with Crippen LogP contribution in [-0.2, 0) is 0 Å². The summed E-state index contributed by atoms with van der Waals surface area (Å²) in [6.45, 7) is 8.19. The predicted molar refractivity (Wildman–Crippen MR) is 56.8 cm³/mol. The Morgan fingerprint density at radius 1 is 1.50 bits per heavy atom. The topological polar surface area (TPSA) is 3.24 Å². The highest BCUT2D eigenvalue weighted by Crippen LogP contribution is 2.46. The third-order valence-electron chi connectivity index (χ3n) is 4.13. The fourth-order valence-corrected chi connectivity index (χ4v) is 3.14. The van der Waals surface area contributed by atoms with Crippen molar-refractivity contribution in [2.24, 2.45) is 5.92 Å². The van der Waals surface area contributed by atoms with Crippen LogP contribution < -0.4 is 0 Å². The second kappa shape index (κ2) is 3.34. The van der Waals surface area contributed by atoms with E-state index >= 15 is 0 Å². The maximum atomic E-state index is 13.2. The van der Waals surface area contributed by atoms with Crippen molar-refractivity contribution in [2.45, 2.75) is 45.6 Å². The molecule has 0 spiro atoms. The Hall–Kier alpha value is -0.370. The van der Waals surface area contributed by atoms with E-state index in [0.29, 0.717) is 11.5 Å². The summed E-state index contributed by atoms with van der Waals surface area (Å²) in [5, 5.41) is 0. The minimum absolute atomic E-state index is 0.0550. The van der Waals surface area contributed by atoms with Crippen LogP contribution in [0.2, 0.25) is 0 Å². The maximum absolute atomic E-state index is 13.2. The van der Waals surface area contributed by atoms with Crippen LogP contribution in [0, 0.1) is 5.92 Å². The zero-order valence-corrected chi connectivity index (χ0v) is 9.44. The summed E-state index contributed by atoms with van der Waals surface area (Å²) < 4.78 is 13.2. The van der Waals surface area contributed by atoms with Crippen LogP contribution in [0.25, 0.3) is 0 Å². The van der Waals surface area contributed by atoms with Crippen molar-refractivity contribution in [3.05, 3.63) is 11.4 Å². The quantitative estimate of drug-likeness (QED) is 0.624. The predicted octanol–water partition coefficient (Wildman–Crippen LogP) is 3.12. The van der Waals surface area contributed by atoms with E-state index in [-0.39, 0.29) is 5.83 Å². The molecule has 0 aromatic heterocycles. The van der Waals surface area contributed by atoms with Gasteiger partial charge in [-0.3, -0.25) is 4.90 Å². The molecule has 2 rings (SSSR count). The van der Waals surface area contributed by atoms with Crippen LogP contribution in [-0.4, -0.2) is 23.5 Å². The summed E-state index contributed by atoms with van der Waals surface area (Å²) in [6.07, 6.45) is 3.51. The lowest BCUT2D eigenvalue weighted by atomic mass is 9.82. The Morgan fingerprint density at radius 2 is 2.21 bits per heavy atom. The van der Waals surface area contributed by atoms with E-state index in [1.54, 1.807) is 6.92 Å². The molecule has 2 aliphatic rings. The lowest BCUT2D eigenvalue weighted by Crippen LogP contribution is -2.42. The van der Waals surface area contributed by atoms with Gasteiger partial charge >= 0.3 is 0 Å². The molecule has 2 saturated heterocycles. The van der Waals surface area contributed by atoms with Gasteiger partial charge in [0.2, 0.25) is 0 Å². The van der Waals surface area contributed by atoms with Gasteiger partial charge in [0.15, 0.2) is 0 Å². The van der Waals surface area contributed by atoms with Crippen LogP contribution in [0.15, 0.2) is 11.4 Å². The van der Waals surface area contributed by atoms with Gasteiger partial charge in [0.05, 0.1) is 5.83 Å². The van der Waals surface area contributed by atoms with Crippen molar-refractivity contribution in [2.75, 3.05) is 13.1 Å². The fourth-order valence-electron chi connectivity index (χ4n) is 3.14. The van der Waals surface area contributed by atoms with Crippen molar-refractivity contribution < 1.29 is 4.39 Å². The third kappa shape index (κ3) is 1.31. The molecule has 2 heterocycles. The van der Waals surface area contributed by atoms with Crippen LogP contribution in [0.5, 0.6) is 0 Å². The summed E-state index contributed by atoms with van der Waals surface area (Å²) in [5.74, 6) is 0.696. The molecule has 80 valence electrons. The van der Waals surface area contributed by atoms with Gasteiger partial charge in [0.25, 0.3) is 0 Å². The Labute approximate surface area is 86.0 Å². The zero-order valence-electron chi connectivity index (χ0n) is 9.44. The highest BCUT2D eigenvalue weighted by molar-refractivity contribution is 5.23. The molecule has 1 nitrogen and oxygen atoms in total. The second-order valence-electron chi connectivity index (χ2n) is 5.10. The van der Waals surface area contributed by atoms with Gasteiger partial charge in [-0.25, -0.2) is 4.39 Å². The number of hydrogen-bond acceptors (Lipinski definition) is 1. The van der Waals surface area contributed by atoms with E-state index in [2.05, 4.69) is 18.7 Å². The Bertz CT molecular complexity index is 265. The van der Waals surface area contributed by atoms with E-state index in [1.807, 2.05) is 0 Å². The van der Waals surface area contributed by atoms with Gasteiger partial charge in [-0.2, -0.15) is 0 Å². The first-order chi connectivity index (χ1) is 6.56. The van der Waals surface area contributed by atoms with Crippen molar-refractivity contribution in [1.82, 2.24) is 4.90 Å². The molecule has 2 fully saturated rings. The standard InChI is InChI=1S/C12H20FN/c1-9(2)12-5-4-6-14(12)8-11(7-12)10(3)13/h9H,4-8H2,1-3H3/b11-10+. The zero-order chi connectivity index (χ0) is 10.3. The summed E-state index contributed by atoms with van der Waals surface area (Å²) in [6, 6.07) is 0. The van der Waals surface area contributed by atoms with Crippen LogP contribution in [0.3, 0.4) is 0 Å². The third-order valence-corrected chi connectivity index (χ3v) is 4.13. The summed E-state index contributed by atoms with van der Waals surface area (Å²) >= 11 is 0. The molecule has 0 aromatic rings. The Kier molecular flexibility index (Phi) is 2.42. The average molecular weight is 197 g/mol. The Morgan fingerprint density at radius 3 is 2.71 bits per heavy atom. The molecule has 14 heavy (non-hydrogen) atoms. The molecule has 0 amide bonds. The molecule has 0 aromatic carbocycles. The minimum atomic E-state index is 0.0550. The number of nitrogens with zero attached hydrogens (tertiary/aromatic N) is 1. The molecule has 0 N–H and O–H groups in total. The SMILES string of the molecule is C/C(F)=C1\CN2CCCC2(C(C)C)C1. The van der Waals surface area contributed by atoms with Crippen molar-refractivity contribution >= 4 is 0 Å². The average Bonchev–Trinajstić information content (AvgIpc) is 2.57. The van der Waals surface area contributed by atoms with E-state index in [9.17, 15) is 4.39 Å². The van der Waals surface area contributed by atoms with Gasteiger partial charge in [-0.15, -0.1) is 0 Å². The first-order valence-corrected chi connectivity index (χ1v) is 5.65. The molecule has 1 unspecified atom stereocenters. The summed E-state index contributed by atoms with van der Waals surface area (Å²) in [7, 11) is 0. The van der Waals surface area contributed by atoms with Crippen molar-refractivity contribution in [1.29, 1.82) is 0 Å². The fraction of sp³-hybridized carbons (Fsp3) is 0.833. The van der Waals surface area contributed by atoms with E-state index < -0.39 is 0 Å². The molecule has 0 saturated carbocycles. The van der Waals surface area contributed by atoms with Gasteiger partial charge in [-0.1, -0.05) is 13.8 Å². The first-order valence-electron chi connectivity index (χ1n) is 5.65. The molecule has 0 aliphatic carbocycles. The molecular weight excluding hydrogens is 177 g/mol. The molecule has 2 aliphatic heterocycles. The maximum Gasteiger partial charge on any atom is 0.0974 e. The van der Waals surface area contributed by atoms with Gasteiger partial charge < -0.3 is 0 Å².